The predicted octanol–water partition coefficient (Wildman–Crippen LogP) is 4.20. The topological polar surface area (TPSA) is 58.2 Å². The predicted molar refractivity (Wildman–Crippen MR) is 89.3 cm³/mol. The van der Waals surface area contributed by atoms with E-state index in [9.17, 15) is 22.8 Å². The molecule has 4 nitrogen and oxygen atoms in total. The molecule has 1 aliphatic rings. The molecule has 3 rings (SSSR count). The van der Waals surface area contributed by atoms with Crippen molar-refractivity contribution in [3.05, 3.63) is 53.8 Å². The Hall–Kier alpha value is -2.48. The second-order valence-corrected chi connectivity index (χ2v) is 6.43. The van der Waals surface area contributed by atoms with Crippen molar-refractivity contribution in [3.63, 3.8) is 0 Å². The zero-order valence-electron chi connectivity index (χ0n) is 12.8. The molecular weight excluding hydrogens is 353 g/mol. The Balaban J connectivity index is 1.87. The maximum Gasteiger partial charge on any atom is 0.288 e. The van der Waals surface area contributed by atoms with Gasteiger partial charge < -0.3 is 10.6 Å². The number of fused-ring (bicyclic) bond motifs is 1. The van der Waals surface area contributed by atoms with Gasteiger partial charge in [-0.05, 0) is 29.8 Å². The van der Waals surface area contributed by atoms with Crippen LogP contribution < -0.4 is 10.6 Å². The zero-order chi connectivity index (χ0) is 18.0. The Morgan fingerprint density at radius 1 is 1.24 bits per heavy atom. The number of carbonyl (C=O) groups is 2. The number of hydrogen-bond acceptors (Lipinski definition) is 3. The number of benzene rings is 2. The number of amides is 2. The number of rotatable bonds is 4. The minimum absolute atomic E-state index is 0.103. The first-order chi connectivity index (χ1) is 11.9. The molecule has 0 saturated carbocycles. The third-order valence-electron chi connectivity index (χ3n) is 3.73. The fourth-order valence-corrected chi connectivity index (χ4v) is 3.25. The van der Waals surface area contributed by atoms with Crippen molar-refractivity contribution in [2.75, 3.05) is 10.6 Å². The van der Waals surface area contributed by atoms with E-state index in [0.29, 0.717) is 17.3 Å². The lowest BCUT2D eigenvalue weighted by Gasteiger charge is -2.25. The van der Waals surface area contributed by atoms with Crippen LogP contribution in [0.25, 0.3) is 0 Å². The highest BCUT2D eigenvalue weighted by atomic mass is 32.2. The van der Waals surface area contributed by atoms with Crippen LogP contribution in [0.1, 0.15) is 17.9 Å². The Morgan fingerprint density at radius 3 is 2.76 bits per heavy atom. The minimum atomic E-state index is -2.62. The van der Waals surface area contributed by atoms with Crippen molar-refractivity contribution in [1.29, 1.82) is 0 Å². The lowest BCUT2D eigenvalue weighted by Crippen LogP contribution is -2.31. The highest BCUT2D eigenvalue weighted by Gasteiger charge is 2.31. The lowest BCUT2D eigenvalue weighted by molar-refractivity contribution is -0.123. The lowest BCUT2D eigenvalue weighted by atomic mass is 9.89. The number of anilines is 2. The number of halogens is 3. The molecule has 2 N–H and O–H groups in total. The molecule has 0 fully saturated rings. The number of para-hydroxylation sites is 1. The van der Waals surface area contributed by atoms with Crippen molar-refractivity contribution in [1.82, 2.24) is 0 Å². The van der Waals surface area contributed by atoms with Gasteiger partial charge in [0.1, 0.15) is 5.82 Å². The van der Waals surface area contributed by atoms with Gasteiger partial charge in [0, 0.05) is 17.0 Å². The van der Waals surface area contributed by atoms with Crippen LogP contribution in [0.3, 0.4) is 0 Å². The summed E-state index contributed by atoms with van der Waals surface area (Å²) < 4.78 is 38.6. The van der Waals surface area contributed by atoms with Gasteiger partial charge in [0.2, 0.25) is 11.8 Å². The molecule has 8 heteroatoms. The van der Waals surface area contributed by atoms with E-state index in [-0.39, 0.29) is 22.7 Å². The molecule has 2 aromatic carbocycles. The van der Waals surface area contributed by atoms with E-state index in [2.05, 4.69) is 10.6 Å². The third-order valence-corrected chi connectivity index (χ3v) is 4.52. The van der Waals surface area contributed by atoms with E-state index in [1.807, 2.05) is 0 Å². The standard InChI is InChI=1S/C17H13F3N2O2S/c18-9-5-6-10-11(8-15(23)21-13(10)7-9)16(24)22-12-3-1-2-4-14(12)25-17(19)20/h1-7,11,17H,8H2,(H,21,23)(H,22,24). The highest BCUT2D eigenvalue weighted by molar-refractivity contribution is 7.99. The van der Waals surface area contributed by atoms with Crippen LogP contribution in [-0.4, -0.2) is 17.6 Å². The number of thioether (sulfide) groups is 1. The Bertz CT molecular complexity index is 829. The van der Waals surface area contributed by atoms with Crippen LogP contribution >= 0.6 is 11.8 Å². The smallest absolute Gasteiger partial charge is 0.288 e. The van der Waals surface area contributed by atoms with Crippen LogP contribution in [0, 0.1) is 5.82 Å². The molecule has 0 bridgehead atoms. The minimum Gasteiger partial charge on any atom is -0.326 e. The maximum atomic E-state index is 13.3. The summed E-state index contributed by atoms with van der Waals surface area (Å²) in [6.45, 7) is 0. The molecule has 25 heavy (non-hydrogen) atoms. The second-order valence-electron chi connectivity index (χ2n) is 5.40. The molecule has 0 spiro atoms. The van der Waals surface area contributed by atoms with Gasteiger partial charge >= 0.3 is 0 Å². The molecule has 0 aliphatic carbocycles. The monoisotopic (exact) mass is 366 g/mol. The van der Waals surface area contributed by atoms with Gasteiger partial charge in [-0.25, -0.2) is 4.39 Å². The largest absolute Gasteiger partial charge is 0.326 e. The Kier molecular flexibility index (Phi) is 4.98. The van der Waals surface area contributed by atoms with Gasteiger partial charge in [-0.2, -0.15) is 8.78 Å². The van der Waals surface area contributed by atoms with E-state index < -0.39 is 29.3 Å². The molecule has 2 aromatic rings. The first-order valence-corrected chi connectivity index (χ1v) is 8.26. The SMILES string of the molecule is O=C1CC(C(=O)Nc2ccccc2SC(F)F)c2ccc(F)cc2N1. The number of hydrogen-bond donors (Lipinski definition) is 2. The van der Waals surface area contributed by atoms with Gasteiger partial charge in [-0.15, -0.1) is 0 Å². The average Bonchev–Trinajstić information content (AvgIpc) is 2.55. The second kappa shape index (κ2) is 7.18. The van der Waals surface area contributed by atoms with Crippen molar-refractivity contribution in [2.24, 2.45) is 0 Å². The Labute approximate surface area is 145 Å². The Morgan fingerprint density at radius 2 is 2.00 bits per heavy atom. The molecule has 2 amide bonds. The van der Waals surface area contributed by atoms with E-state index in [0.717, 1.165) is 6.07 Å². The molecule has 0 aromatic heterocycles. The van der Waals surface area contributed by atoms with Crippen LogP contribution in [0.5, 0.6) is 0 Å². The molecule has 0 saturated heterocycles. The van der Waals surface area contributed by atoms with Crippen molar-refractivity contribution in [3.8, 4) is 0 Å². The van der Waals surface area contributed by atoms with Gasteiger partial charge in [-0.1, -0.05) is 30.0 Å². The van der Waals surface area contributed by atoms with Crippen LogP contribution in [0.4, 0.5) is 24.5 Å². The first kappa shape index (κ1) is 17.3. The maximum absolute atomic E-state index is 13.3. The highest BCUT2D eigenvalue weighted by Crippen LogP contribution is 2.36. The van der Waals surface area contributed by atoms with Crippen LogP contribution in [-0.2, 0) is 9.59 Å². The molecule has 1 heterocycles. The number of alkyl halides is 2. The summed E-state index contributed by atoms with van der Waals surface area (Å²) in [5.74, 6) is -4.89. The summed E-state index contributed by atoms with van der Waals surface area (Å²) in [7, 11) is 0. The molecule has 130 valence electrons. The quantitative estimate of drug-likeness (QED) is 0.797. The normalized spacial score (nSPS) is 16.3. The molecular formula is C17H13F3N2O2S. The van der Waals surface area contributed by atoms with Gasteiger partial charge in [-0.3, -0.25) is 9.59 Å². The summed E-state index contributed by atoms with van der Waals surface area (Å²) in [5.41, 5.74) is 0.969. The molecule has 0 radical (unpaired) electrons. The fraction of sp³-hybridized carbons (Fsp3) is 0.176. The summed E-state index contributed by atoms with van der Waals surface area (Å²) in [4.78, 5) is 24.6. The fourth-order valence-electron chi connectivity index (χ4n) is 2.66. The van der Waals surface area contributed by atoms with Crippen molar-refractivity contribution in [2.45, 2.75) is 23.0 Å². The summed E-state index contributed by atoms with van der Waals surface area (Å²) in [6, 6.07) is 9.98. The van der Waals surface area contributed by atoms with E-state index >= 15 is 0 Å². The summed E-state index contributed by atoms with van der Waals surface area (Å²) in [5, 5.41) is 5.12. The average molecular weight is 366 g/mol. The van der Waals surface area contributed by atoms with Gasteiger partial charge in [0.15, 0.2) is 0 Å². The van der Waals surface area contributed by atoms with Crippen molar-refractivity contribution >= 4 is 35.0 Å². The molecule has 1 aliphatic heterocycles. The zero-order valence-corrected chi connectivity index (χ0v) is 13.6. The van der Waals surface area contributed by atoms with Gasteiger partial charge in [0.05, 0.1) is 11.6 Å². The molecule has 1 atom stereocenters. The van der Waals surface area contributed by atoms with Crippen molar-refractivity contribution < 1.29 is 22.8 Å². The summed E-state index contributed by atoms with van der Waals surface area (Å²) >= 11 is 0.325. The van der Waals surface area contributed by atoms with E-state index in [1.165, 1.54) is 24.3 Å². The number of nitrogens with one attached hydrogen (secondary N) is 2. The van der Waals surface area contributed by atoms with E-state index in [4.69, 9.17) is 0 Å². The molecule has 1 unspecified atom stereocenters. The van der Waals surface area contributed by atoms with Crippen LogP contribution in [0.2, 0.25) is 0 Å². The first-order valence-electron chi connectivity index (χ1n) is 7.38. The third kappa shape index (κ3) is 3.96. The van der Waals surface area contributed by atoms with Gasteiger partial charge in [0.25, 0.3) is 5.76 Å². The number of carbonyl (C=O) groups excluding carboxylic acids is 2. The van der Waals surface area contributed by atoms with Crippen LogP contribution in [0.15, 0.2) is 47.4 Å². The summed E-state index contributed by atoms with van der Waals surface area (Å²) in [6.07, 6.45) is -0.103. The van der Waals surface area contributed by atoms with E-state index in [1.54, 1.807) is 12.1 Å².